The Balaban J connectivity index is 4.10. The van der Waals surface area contributed by atoms with E-state index in [0.29, 0.717) is 0 Å². The van der Waals surface area contributed by atoms with Crippen molar-refractivity contribution in [3.05, 3.63) is 0 Å². The quantitative estimate of drug-likeness (QED) is 0.677. The Bertz CT molecular complexity index is 194. The smallest absolute Gasteiger partial charge is 0.147 e. The van der Waals surface area contributed by atoms with Crippen LogP contribution in [0.2, 0.25) is 0 Å². The van der Waals surface area contributed by atoms with E-state index in [1.165, 1.54) is 6.26 Å². The van der Waals surface area contributed by atoms with Crippen molar-refractivity contribution in [1.82, 2.24) is 0 Å². The van der Waals surface area contributed by atoms with Crippen molar-refractivity contribution in [2.45, 2.75) is 13.8 Å². The van der Waals surface area contributed by atoms with Gasteiger partial charge in [-0.05, 0) is 11.8 Å². The van der Waals surface area contributed by atoms with Crippen molar-refractivity contribution in [2.75, 3.05) is 18.6 Å². The predicted molar refractivity (Wildman–Crippen MR) is 45.1 cm³/mol. The molecule has 0 aromatic rings. The predicted octanol–water partition coefficient (Wildman–Crippen LogP) is 0.295. The molecule has 3 nitrogen and oxygen atoms in total. The first-order valence-electron chi connectivity index (χ1n) is 3.65. The topological polar surface area (TPSA) is 54.4 Å². The molecule has 1 atom stereocenters. The van der Waals surface area contributed by atoms with E-state index in [4.69, 9.17) is 5.11 Å². The van der Waals surface area contributed by atoms with Crippen molar-refractivity contribution in [3.8, 4) is 0 Å². The summed E-state index contributed by atoms with van der Waals surface area (Å²) in [6.07, 6.45) is 1.19. The number of rotatable bonds is 4. The molecule has 0 heterocycles. The molecule has 1 N–H and O–H groups in total. The van der Waals surface area contributed by atoms with Gasteiger partial charge in [0, 0.05) is 12.9 Å². The second-order valence-corrected chi connectivity index (χ2v) is 5.46. The summed E-state index contributed by atoms with van der Waals surface area (Å²) >= 11 is 0. The van der Waals surface area contributed by atoms with Gasteiger partial charge in [-0.1, -0.05) is 13.8 Å². The minimum atomic E-state index is -2.94. The van der Waals surface area contributed by atoms with Gasteiger partial charge in [-0.25, -0.2) is 8.42 Å². The van der Waals surface area contributed by atoms with Crippen LogP contribution < -0.4 is 0 Å². The molecule has 0 aromatic heterocycles. The van der Waals surface area contributed by atoms with Crippen molar-refractivity contribution >= 4 is 9.84 Å². The zero-order valence-corrected chi connectivity index (χ0v) is 8.06. The van der Waals surface area contributed by atoms with Crippen LogP contribution in [0.5, 0.6) is 0 Å². The lowest BCUT2D eigenvalue weighted by Crippen LogP contribution is -2.23. The second kappa shape index (κ2) is 4.07. The van der Waals surface area contributed by atoms with Crippen molar-refractivity contribution in [1.29, 1.82) is 0 Å². The molecule has 68 valence electrons. The van der Waals surface area contributed by atoms with E-state index in [-0.39, 0.29) is 24.2 Å². The standard InChI is InChI=1S/C7H16O3S/c1-6(2)7(4-8)5-11(3,9)10/h6-8H,4-5H2,1-3H3. The first kappa shape index (κ1) is 10.9. The molecule has 0 amide bonds. The van der Waals surface area contributed by atoms with Crippen LogP contribution in [0.25, 0.3) is 0 Å². The summed E-state index contributed by atoms with van der Waals surface area (Å²) in [6.45, 7) is 3.77. The Morgan fingerprint density at radius 1 is 1.36 bits per heavy atom. The Labute approximate surface area is 68.3 Å². The number of aliphatic hydroxyl groups excluding tert-OH is 1. The van der Waals surface area contributed by atoms with E-state index in [2.05, 4.69) is 0 Å². The minimum absolute atomic E-state index is 0.0509. The van der Waals surface area contributed by atoms with Crippen LogP contribution in [-0.4, -0.2) is 32.1 Å². The summed E-state index contributed by atoms with van der Waals surface area (Å²) < 4.78 is 21.6. The highest BCUT2D eigenvalue weighted by Gasteiger charge is 2.17. The van der Waals surface area contributed by atoms with Gasteiger partial charge in [0.25, 0.3) is 0 Å². The molecule has 1 unspecified atom stereocenters. The van der Waals surface area contributed by atoms with E-state index in [0.717, 1.165) is 0 Å². The van der Waals surface area contributed by atoms with Crippen molar-refractivity contribution in [2.24, 2.45) is 11.8 Å². The molecule has 0 aliphatic rings. The minimum Gasteiger partial charge on any atom is -0.396 e. The fourth-order valence-electron chi connectivity index (χ4n) is 0.845. The maximum Gasteiger partial charge on any atom is 0.147 e. The van der Waals surface area contributed by atoms with E-state index in [1.807, 2.05) is 13.8 Å². The van der Waals surface area contributed by atoms with E-state index < -0.39 is 9.84 Å². The van der Waals surface area contributed by atoms with E-state index in [9.17, 15) is 8.42 Å². The molecule has 0 aliphatic carbocycles. The third kappa shape index (κ3) is 5.21. The SMILES string of the molecule is CC(C)C(CO)CS(C)(=O)=O. The van der Waals surface area contributed by atoms with Crippen LogP contribution in [0.3, 0.4) is 0 Å². The molecule has 0 saturated heterocycles. The Morgan fingerprint density at radius 2 is 1.82 bits per heavy atom. The summed E-state index contributed by atoms with van der Waals surface area (Å²) in [5.41, 5.74) is 0. The van der Waals surface area contributed by atoms with Crippen LogP contribution >= 0.6 is 0 Å². The highest BCUT2D eigenvalue weighted by molar-refractivity contribution is 7.90. The molecule has 0 aliphatic heterocycles. The van der Waals surface area contributed by atoms with Crippen LogP contribution in [0.1, 0.15) is 13.8 Å². The Kier molecular flexibility index (Phi) is 4.03. The Morgan fingerprint density at radius 3 is 1.91 bits per heavy atom. The molecule has 0 saturated carbocycles. The van der Waals surface area contributed by atoms with Gasteiger partial charge in [-0.2, -0.15) is 0 Å². The van der Waals surface area contributed by atoms with Crippen molar-refractivity contribution < 1.29 is 13.5 Å². The fraction of sp³-hybridized carbons (Fsp3) is 1.00. The third-order valence-corrected chi connectivity index (χ3v) is 2.73. The van der Waals surface area contributed by atoms with Gasteiger partial charge < -0.3 is 5.11 Å². The van der Waals surface area contributed by atoms with Gasteiger partial charge in [0.1, 0.15) is 9.84 Å². The molecule has 4 heteroatoms. The molecule has 0 fully saturated rings. The van der Waals surface area contributed by atoms with Crippen molar-refractivity contribution in [3.63, 3.8) is 0 Å². The highest BCUT2D eigenvalue weighted by Crippen LogP contribution is 2.11. The van der Waals surface area contributed by atoms with Crippen LogP contribution in [-0.2, 0) is 9.84 Å². The number of sulfone groups is 1. The zero-order chi connectivity index (χ0) is 9.07. The summed E-state index contributed by atoms with van der Waals surface area (Å²) in [5, 5.41) is 8.80. The second-order valence-electron chi connectivity index (χ2n) is 3.28. The maximum atomic E-state index is 10.8. The van der Waals surface area contributed by atoms with Gasteiger partial charge >= 0.3 is 0 Å². The Hall–Kier alpha value is -0.0900. The highest BCUT2D eigenvalue weighted by atomic mass is 32.2. The number of hydrogen-bond acceptors (Lipinski definition) is 3. The average Bonchev–Trinajstić information content (AvgIpc) is 1.80. The summed E-state index contributed by atoms with van der Waals surface area (Å²) in [6, 6.07) is 0. The van der Waals surface area contributed by atoms with Gasteiger partial charge in [-0.3, -0.25) is 0 Å². The van der Waals surface area contributed by atoms with Crippen LogP contribution in [0, 0.1) is 11.8 Å². The van der Waals surface area contributed by atoms with Gasteiger partial charge in [-0.15, -0.1) is 0 Å². The largest absolute Gasteiger partial charge is 0.396 e. The monoisotopic (exact) mass is 180 g/mol. The summed E-state index contributed by atoms with van der Waals surface area (Å²) in [4.78, 5) is 0. The molecule has 0 rings (SSSR count). The van der Waals surface area contributed by atoms with E-state index >= 15 is 0 Å². The first-order valence-corrected chi connectivity index (χ1v) is 5.71. The van der Waals surface area contributed by atoms with E-state index in [1.54, 1.807) is 0 Å². The molecule has 0 bridgehead atoms. The molecule has 0 aromatic carbocycles. The van der Waals surface area contributed by atoms with Gasteiger partial charge in [0.2, 0.25) is 0 Å². The third-order valence-electron chi connectivity index (χ3n) is 1.69. The molecular weight excluding hydrogens is 164 g/mol. The van der Waals surface area contributed by atoms with Gasteiger partial charge in [0.05, 0.1) is 5.75 Å². The maximum absolute atomic E-state index is 10.8. The molecule has 11 heavy (non-hydrogen) atoms. The van der Waals surface area contributed by atoms with Crippen LogP contribution in [0.4, 0.5) is 0 Å². The van der Waals surface area contributed by atoms with Gasteiger partial charge in [0.15, 0.2) is 0 Å². The summed E-state index contributed by atoms with van der Waals surface area (Å²) in [5.74, 6) is 0.181. The number of hydrogen-bond donors (Lipinski definition) is 1. The molecule has 0 spiro atoms. The molecular formula is C7H16O3S. The number of aliphatic hydroxyl groups is 1. The average molecular weight is 180 g/mol. The van der Waals surface area contributed by atoms with Crippen LogP contribution in [0.15, 0.2) is 0 Å². The lowest BCUT2D eigenvalue weighted by Gasteiger charge is -2.16. The lowest BCUT2D eigenvalue weighted by atomic mass is 9.99. The zero-order valence-electron chi connectivity index (χ0n) is 7.24. The first-order chi connectivity index (χ1) is 4.87. The summed E-state index contributed by atoms with van der Waals surface area (Å²) in [7, 11) is -2.94. The molecule has 0 radical (unpaired) electrons. The fourth-order valence-corrected chi connectivity index (χ4v) is 2.11. The normalized spacial score (nSPS) is 15.4. The lowest BCUT2D eigenvalue weighted by molar-refractivity contribution is 0.204.